The third-order valence-electron chi connectivity index (χ3n) is 3.65. The number of carboxylic acid groups (broad SMARTS) is 1. The van der Waals surface area contributed by atoms with Crippen molar-refractivity contribution in [3.63, 3.8) is 0 Å². The fourth-order valence-electron chi connectivity index (χ4n) is 2.72. The predicted octanol–water partition coefficient (Wildman–Crippen LogP) is 2.17. The van der Waals surface area contributed by atoms with Gasteiger partial charge < -0.3 is 20.2 Å². The Morgan fingerprint density at radius 2 is 2.05 bits per heavy atom. The van der Waals surface area contributed by atoms with Crippen molar-refractivity contribution in [1.82, 2.24) is 10.6 Å². The summed E-state index contributed by atoms with van der Waals surface area (Å²) in [5, 5.41) is 14.5. The molecule has 1 heterocycles. The highest BCUT2D eigenvalue weighted by molar-refractivity contribution is 5.76. The van der Waals surface area contributed by atoms with E-state index >= 15 is 0 Å². The second kappa shape index (κ2) is 5.98. The summed E-state index contributed by atoms with van der Waals surface area (Å²) in [6.45, 7) is 2.13. The van der Waals surface area contributed by atoms with E-state index < -0.39 is 11.5 Å². The van der Waals surface area contributed by atoms with Crippen LogP contribution in [0.1, 0.15) is 43.6 Å². The first-order valence-corrected chi connectivity index (χ1v) is 6.82. The molecule has 0 atom stereocenters. The minimum absolute atomic E-state index is 0.0275. The highest BCUT2D eigenvalue weighted by Gasteiger charge is 2.37. The average Bonchev–Trinajstić information content (AvgIpc) is 2.95. The fraction of sp³-hybridized carbons (Fsp3) is 0.571. The minimum atomic E-state index is -0.881. The largest absolute Gasteiger partial charge is 0.481 e. The molecule has 1 aromatic heterocycles. The first-order valence-electron chi connectivity index (χ1n) is 6.82. The maximum absolute atomic E-state index is 11.9. The minimum Gasteiger partial charge on any atom is -0.481 e. The lowest BCUT2D eigenvalue weighted by Crippen LogP contribution is -2.51. The van der Waals surface area contributed by atoms with Crippen LogP contribution < -0.4 is 10.6 Å². The molecule has 0 bridgehead atoms. The Balaban J connectivity index is 1.87. The van der Waals surface area contributed by atoms with Gasteiger partial charge in [0.2, 0.25) is 0 Å². The van der Waals surface area contributed by atoms with Gasteiger partial charge in [0.15, 0.2) is 0 Å². The van der Waals surface area contributed by atoms with Crippen LogP contribution in [0.2, 0.25) is 0 Å². The van der Waals surface area contributed by atoms with Gasteiger partial charge in [0.25, 0.3) is 0 Å². The van der Waals surface area contributed by atoms with Crippen molar-refractivity contribution < 1.29 is 19.1 Å². The van der Waals surface area contributed by atoms with E-state index in [9.17, 15) is 9.59 Å². The quantitative estimate of drug-likeness (QED) is 0.770. The highest BCUT2D eigenvalue weighted by atomic mass is 16.4. The number of carbonyl (C=O) groups excluding carboxylic acids is 1. The van der Waals surface area contributed by atoms with E-state index in [4.69, 9.17) is 9.52 Å². The molecule has 0 spiro atoms. The molecule has 0 saturated heterocycles. The molecule has 1 aromatic rings. The van der Waals surface area contributed by atoms with Crippen LogP contribution in [0.3, 0.4) is 0 Å². The number of rotatable bonds is 5. The van der Waals surface area contributed by atoms with E-state index in [1.54, 1.807) is 6.07 Å². The molecular weight excluding hydrogens is 260 g/mol. The zero-order valence-corrected chi connectivity index (χ0v) is 11.6. The number of hydrogen-bond donors (Lipinski definition) is 3. The lowest BCUT2D eigenvalue weighted by Gasteiger charge is -2.28. The number of furan rings is 1. The summed E-state index contributed by atoms with van der Waals surface area (Å²) in [6.07, 6.45) is 3.30. The van der Waals surface area contributed by atoms with Gasteiger partial charge in [0.1, 0.15) is 11.5 Å². The van der Waals surface area contributed by atoms with Gasteiger partial charge in [-0.3, -0.25) is 4.79 Å². The van der Waals surface area contributed by atoms with Crippen LogP contribution in [0.4, 0.5) is 4.79 Å². The second-order valence-electron chi connectivity index (χ2n) is 5.38. The lowest BCUT2D eigenvalue weighted by atomic mass is 9.93. The SMILES string of the molecule is Cc1ccc(CNC(=O)NC2(CC(=O)O)CCCC2)o1. The molecular formula is C14H20N2O4. The Kier molecular flexibility index (Phi) is 4.32. The van der Waals surface area contributed by atoms with E-state index in [-0.39, 0.29) is 12.5 Å². The summed E-state index contributed by atoms with van der Waals surface area (Å²) in [6, 6.07) is 3.29. The van der Waals surface area contributed by atoms with Gasteiger partial charge in [-0.1, -0.05) is 12.8 Å². The van der Waals surface area contributed by atoms with Gasteiger partial charge >= 0.3 is 12.0 Å². The number of carboxylic acids is 1. The average molecular weight is 280 g/mol. The molecule has 1 aliphatic rings. The van der Waals surface area contributed by atoms with E-state index in [1.165, 1.54) is 0 Å². The van der Waals surface area contributed by atoms with Crippen LogP contribution >= 0.6 is 0 Å². The molecule has 1 fully saturated rings. The molecule has 1 saturated carbocycles. The third-order valence-corrected chi connectivity index (χ3v) is 3.65. The van der Waals surface area contributed by atoms with Gasteiger partial charge in [-0.15, -0.1) is 0 Å². The van der Waals surface area contributed by atoms with Crippen LogP contribution in [0.15, 0.2) is 16.5 Å². The van der Waals surface area contributed by atoms with Crippen LogP contribution in [0.25, 0.3) is 0 Å². The highest BCUT2D eigenvalue weighted by Crippen LogP contribution is 2.32. The topological polar surface area (TPSA) is 91.6 Å². The Bertz CT molecular complexity index is 489. The maximum Gasteiger partial charge on any atom is 0.315 e. The van der Waals surface area contributed by atoms with Crippen molar-refractivity contribution in [1.29, 1.82) is 0 Å². The van der Waals surface area contributed by atoms with Crippen LogP contribution in [0, 0.1) is 6.92 Å². The summed E-state index contributed by atoms with van der Waals surface area (Å²) in [5.41, 5.74) is -0.602. The lowest BCUT2D eigenvalue weighted by molar-refractivity contribution is -0.138. The first-order chi connectivity index (χ1) is 9.49. The molecule has 20 heavy (non-hydrogen) atoms. The number of hydrogen-bond acceptors (Lipinski definition) is 3. The molecule has 2 amide bonds. The first kappa shape index (κ1) is 14.4. The monoisotopic (exact) mass is 280 g/mol. The molecule has 0 aromatic carbocycles. The number of nitrogens with one attached hydrogen (secondary N) is 2. The number of aryl methyl sites for hydroxylation is 1. The second-order valence-corrected chi connectivity index (χ2v) is 5.38. The standard InChI is InChI=1S/C14H20N2O4/c1-10-4-5-11(20-10)9-15-13(19)16-14(8-12(17)18)6-2-3-7-14/h4-5H,2-3,6-9H2,1H3,(H,17,18)(H2,15,16,19). The number of urea groups is 1. The van der Waals surface area contributed by atoms with Crippen LogP contribution in [0.5, 0.6) is 0 Å². The molecule has 6 heteroatoms. The van der Waals surface area contributed by atoms with E-state index in [1.807, 2.05) is 13.0 Å². The molecule has 1 aliphatic carbocycles. The smallest absolute Gasteiger partial charge is 0.315 e. The van der Waals surface area contributed by atoms with Crippen LogP contribution in [-0.2, 0) is 11.3 Å². The van der Waals surface area contributed by atoms with Gasteiger partial charge in [-0.05, 0) is 31.9 Å². The number of amides is 2. The van der Waals surface area contributed by atoms with Gasteiger partial charge in [-0.2, -0.15) is 0 Å². The van der Waals surface area contributed by atoms with Gasteiger partial charge in [0, 0.05) is 0 Å². The Morgan fingerprint density at radius 1 is 1.35 bits per heavy atom. The Morgan fingerprint density at radius 3 is 2.60 bits per heavy atom. The zero-order chi connectivity index (χ0) is 14.6. The molecule has 2 rings (SSSR count). The van der Waals surface area contributed by atoms with Gasteiger partial charge in [-0.25, -0.2) is 4.79 Å². The molecule has 110 valence electrons. The number of carbonyl (C=O) groups is 2. The van der Waals surface area contributed by atoms with Crippen molar-refractivity contribution in [2.75, 3.05) is 0 Å². The zero-order valence-electron chi connectivity index (χ0n) is 11.6. The Labute approximate surface area is 117 Å². The fourth-order valence-corrected chi connectivity index (χ4v) is 2.72. The summed E-state index contributed by atoms with van der Waals surface area (Å²) in [4.78, 5) is 22.8. The van der Waals surface area contributed by atoms with E-state index in [0.717, 1.165) is 18.6 Å². The van der Waals surface area contributed by atoms with Crippen LogP contribution in [-0.4, -0.2) is 22.6 Å². The summed E-state index contributed by atoms with van der Waals surface area (Å²) < 4.78 is 5.36. The third kappa shape index (κ3) is 3.76. The molecule has 6 nitrogen and oxygen atoms in total. The normalized spacial score (nSPS) is 16.9. The summed E-state index contributed by atoms with van der Waals surface area (Å²) >= 11 is 0. The molecule has 0 unspecified atom stereocenters. The number of aliphatic carboxylic acids is 1. The van der Waals surface area contributed by atoms with Gasteiger partial charge in [0.05, 0.1) is 18.5 Å². The molecule has 0 radical (unpaired) electrons. The van der Waals surface area contributed by atoms with E-state index in [2.05, 4.69) is 10.6 Å². The van der Waals surface area contributed by atoms with Crippen molar-refractivity contribution in [3.05, 3.63) is 23.7 Å². The summed E-state index contributed by atoms with van der Waals surface area (Å²) in [5.74, 6) is 0.588. The Hall–Kier alpha value is -1.98. The van der Waals surface area contributed by atoms with Crippen molar-refractivity contribution >= 4 is 12.0 Å². The van der Waals surface area contributed by atoms with Crippen molar-refractivity contribution in [3.8, 4) is 0 Å². The van der Waals surface area contributed by atoms with E-state index in [0.29, 0.717) is 25.1 Å². The maximum atomic E-state index is 11.9. The molecule has 3 N–H and O–H groups in total. The summed E-state index contributed by atoms with van der Waals surface area (Å²) in [7, 11) is 0. The van der Waals surface area contributed by atoms with Crippen molar-refractivity contribution in [2.24, 2.45) is 0 Å². The van der Waals surface area contributed by atoms with Crippen molar-refractivity contribution in [2.45, 2.75) is 51.1 Å². The predicted molar refractivity (Wildman–Crippen MR) is 72.3 cm³/mol. The molecule has 0 aliphatic heterocycles.